The van der Waals surface area contributed by atoms with E-state index in [4.69, 9.17) is 0 Å². The Morgan fingerprint density at radius 2 is 0.413 bits per heavy atom. The first-order valence-corrected chi connectivity index (χ1v) is 22.0. The third-order valence-electron chi connectivity index (χ3n) is 12.4. The summed E-state index contributed by atoms with van der Waals surface area (Å²) in [7, 11) is 0. The van der Waals surface area contributed by atoms with Gasteiger partial charge in [0.25, 0.3) is 0 Å². The van der Waals surface area contributed by atoms with Crippen molar-refractivity contribution >= 4 is 34.1 Å². The summed E-state index contributed by atoms with van der Waals surface area (Å²) in [6.07, 6.45) is 0. The van der Waals surface area contributed by atoms with Crippen molar-refractivity contribution in [3.05, 3.63) is 239 Å². The first kappa shape index (κ1) is 41.0. The highest BCUT2D eigenvalue weighted by atomic mass is 15.1. The first-order valence-electron chi connectivity index (χ1n) is 22.0. The van der Waals surface area contributed by atoms with Crippen LogP contribution in [0.3, 0.4) is 0 Å². The summed E-state index contributed by atoms with van der Waals surface area (Å²) in [6, 6.07) is 73.5. The number of nitrogens with zero attached hydrogens (tertiary/aromatic N) is 2. The lowest BCUT2D eigenvalue weighted by atomic mass is 9.85. The van der Waals surface area contributed by atoms with E-state index in [2.05, 4.69) is 258 Å². The Morgan fingerprint density at radius 3 is 0.651 bits per heavy atom. The zero-order chi connectivity index (χ0) is 43.6. The highest BCUT2D eigenvalue weighted by molar-refractivity contribution is 5.85. The summed E-state index contributed by atoms with van der Waals surface area (Å²) in [4.78, 5) is 4.65. The van der Waals surface area contributed by atoms with Gasteiger partial charge in [0.15, 0.2) is 0 Å². The predicted octanol–water partition coefficient (Wildman–Crippen LogP) is 17.5. The molecule has 0 aliphatic rings. The lowest BCUT2D eigenvalue weighted by molar-refractivity contribution is 1.27. The van der Waals surface area contributed by atoms with Gasteiger partial charge in [0, 0.05) is 34.1 Å². The zero-order valence-corrected chi connectivity index (χ0v) is 37.4. The quantitative estimate of drug-likeness (QED) is 0.136. The lowest BCUT2D eigenvalue weighted by Crippen LogP contribution is -2.09. The van der Waals surface area contributed by atoms with E-state index < -0.39 is 0 Å². The van der Waals surface area contributed by atoms with Crippen LogP contribution < -0.4 is 9.80 Å². The van der Waals surface area contributed by atoms with Crippen molar-refractivity contribution in [3.8, 4) is 44.5 Å². The third kappa shape index (κ3) is 8.58. The van der Waals surface area contributed by atoms with Gasteiger partial charge in [-0.05, 0) is 182 Å². The van der Waals surface area contributed by atoms with Gasteiger partial charge in [-0.2, -0.15) is 0 Å². The van der Waals surface area contributed by atoms with Gasteiger partial charge >= 0.3 is 0 Å². The van der Waals surface area contributed by atoms with Crippen LogP contribution in [0.1, 0.15) is 38.9 Å². The fourth-order valence-corrected chi connectivity index (χ4v) is 9.01. The average Bonchev–Trinajstić information content (AvgIpc) is 3.30. The number of aryl methyl sites for hydroxylation is 6. The molecular weight excluding hydrogens is 761 g/mol. The molecule has 0 bridgehead atoms. The van der Waals surface area contributed by atoms with Crippen molar-refractivity contribution in [2.24, 2.45) is 0 Å². The molecule has 0 saturated heterocycles. The molecule has 0 aromatic heterocycles. The maximum absolute atomic E-state index is 2.35. The Hall–Kier alpha value is -7.42. The van der Waals surface area contributed by atoms with E-state index in [0.717, 1.165) is 34.1 Å². The van der Waals surface area contributed by atoms with E-state index in [1.54, 1.807) is 0 Å². The minimum atomic E-state index is 1.13. The van der Waals surface area contributed by atoms with E-state index in [9.17, 15) is 0 Å². The van der Waals surface area contributed by atoms with Crippen molar-refractivity contribution in [3.63, 3.8) is 0 Å². The van der Waals surface area contributed by atoms with Crippen molar-refractivity contribution < 1.29 is 0 Å². The zero-order valence-electron chi connectivity index (χ0n) is 37.4. The summed E-state index contributed by atoms with van der Waals surface area (Å²) in [5, 5.41) is 0. The second-order valence-corrected chi connectivity index (χ2v) is 17.1. The van der Waals surface area contributed by atoms with Gasteiger partial charge in [-0.15, -0.1) is 0 Å². The van der Waals surface area contributed by atoms with E-state index in [1.165, 1.54) is 83.5 Å². The van der Waals surface area contributed by atoms with Crippen LogP contribution in [0.4, 0.5) is 34.1 Å². The van der Waals surface area contributed by atoms with Crippen LogP contribution in [0.15, 0.2) is 200 Å². The van der Waals surface area contributed by atoms with Gasteiger partial charge < -0.3 is 9.80 Å². The molecule has 9 rings (SSSR count). The highest BCUT2D eigenvalue weighted by Crippen LogP contribution is 2.41. The summed E-state index contributed by atoms with van der Waals surface area (Å²) in [5.41, 5.74) is 25.6. The van der Waals surface area contributed by atoms with E-state index in [1.807, 2.05) is 0 Å². The maximum atomic E-state index is 2.35. The van der Waals surface area contributed by atoms with Crippen molar-refractivity contribution in [2.75, 3.05) is 9.80 Å². The largest absolute Gasteiger partial charge is 0.311 e. The molecule has 9 aromatic carbocycles. The molecule has 2 heteroatoms. The minimum Gasteiger partial charge on any atom is -0.311 e. The lowest BCUT2D eigenvalue weighted by Gasteiger charge is -2.26. The van der Waals surface area contributed by atoms with Gasteiger partial charge in [0.05, 0.1) is 0 Å². The van der Waals surface area contributed by atoms with Crippen LogP contribution in [0.5, 0.6) is 0 Å². The number of hydrogen-bond donors (Lipinski definition) is 0. The number of rotatable bonds is 10. The summed E-state index contributed by atoms with van der Waals surface area (Å²) >= 11 is 0. The molecule has 63 heavy (non-hydrogen) atoms. The first-order chi connectivity index (χ1) is 30.6. The molecule has 0 aliphatic heterocycles. The van der Waals surface area contributed by atoms with Gasteiger partial charge in [0.2, 0.25) is 0 Å². The molecule has 2 nitrogen and oxygen atoms in total. The molecule has 0 spiro atoms. The van der Waals surface area contributed by atoms with E-state index in [-0.39, 0.29) is 0 Å². The molecule has 0 heterocycles. The van der Waals surface area contributed by atoms with Crippen LogP contribution in [0, 0.1) is 48.5 Å². The number of benzene rings is 9. The number of hydrogen-bond acceptors (Lipinski definition) is 2. The molecule has 0 amide bonds. The Morgan fingerprint density at radius 1 is 0.222 bits per heavy atom. The Balaban J connectivity index is 0.958. The molecule has 0 unspecified atom stereocenters. The molecule has 0 aliphatic carbocycles. The van der Waals surface area contributed by atoms with Crippen LogP contribution in [0.25, 0.3) is 44.5 Å². The standard InChI is InChI=1S/C61H54N2/c1-41-8-28-54(29-9-41)62(55-30-10-42(2)11-31-55)58-36-24-50(25-37-58)48-16-20-52(21-17-48)60-45(5)40-46(6)61(47(60)7)53-22-18-49(19-23-53)51-26-38-59(39-27-51)63(56-32-12-43(3)13-33-56)57-34-14-44(4)15-35-57/h8-40H,1-7H3. The molecule has 9 aromatic rings. The van der Waals surface area contributed by atoms with Gasteiger partial charge in [-0.1, -0.05) is 150 Å². The maximum Gasteiger partial charge on any atom is 0.0462 e. The smallest absolute Gasteiger partial charge is 0.0462 e. The molecule has 0 radical (unpaired) electrons. The van der Waals surface area contributed by atoms with E-state index >= 15 is 0 Å². The number of anilines is 6. The van der Waals surface area contributed by atoms with Gasteiger partial charge in [-0.3, -0.25) is 0 Å². The highest BCUT2D eigenvalue weighted by Gasteiger charge is 2.17. The Kier molecular flexibility index (Phi) is 11.4. The third-order valence-corrected chi connectivity index (χ3v) is 12.4. The second kappa shape index (κ2) is 17.5. The molecular formula is C61H54N2. The monoisotopic (exact) mass is 814 g/mol. The van der Waals surface area contributed by atoms with Crippen molar-refractivity contribution in [1.82, 2.24) is 0 Å². The normalized spacial score (nSPS) is 11.1. The van der Waals surface area contributed by atoms with Crippen molar-refractivity contribution in [2.45, 2.75) is 48.5 Å². The van der Waals surface area contributed by atoms with Crippen LogP contribution >= 0.6 is 0 Å². The molecule has 0 saturated carbocycles. The van der Waals surface area contributed by atoms with E-state index in [0.29, 0.717) is 0 Å². The van der Waals surface area contributed by atoms with Gasteiger partial charge in [-0.25, -0.2) is 0 Å². The predicted molar refractivity (Wildman–Crippen MR) is 271 cm³/mol. The molecule has 0 atom stereocenters. The fourth-order valence-electron chi connectivity index (χ4n) is 9.01. The minimum absolute atomic E-state index is 1.13. The van der Waals surface area contributed by atoms with Crippen molar-refractivity contribution in [1.29, 1.82) is 0 Å². The Bertz CT molecular complexity index is 2680. The second-order valence-electron chi connectivity index (χ2n) is 17.1. The van der Waals surface area contributed by atoms with Crippen LogP contribution in [-0.2, 0) is 0 Å². The van der Waals surface area contributed by atoms with Gasteiger partial charge in [0.1, 0.15) is 0 Å². The topological polar surface area (TPSA) is 6.48 Å². The average molecular weight is 815 g/mol. The summed E-state index contributed by atoms with van der Waals surface area (Å²) < 4.78 is 0. The fraction of sp³-hybridized carbons (Fsp3) is 0.115. The summed E-state index contributed by atoms with van der Waals surface area (Å²) in [6.45, 7) is 15.3. The van der Waals surface area contributed by atoms with Crippen LogP contribution in [0.2, 0.25) is 0 Å². The Labute approximate surface area is 374 Å². The molecule has 308 valence electrons. The SMILES string of the molecule is Cc1ccc(N(c2ccc(C)cc2)c2ccc(-c3ccc(-c4c(C)cc(C)c(-c5ccc(-c6ccc(N(c7ccc(C)cc7)c7ccc(C)cc7)cc6)cc5)c4C)cc3)cc2)cc1. The summed E-state index contributed by atoms with van der Waals surface area (Å²) in [5.74, 6) is 0. The molecule has 0 fully saturated rings. The van der Waals surface area contributed by atoms with Crippen LogP contribution in [-0.4, -0.2) is 0 Å². The molecule has 0 N–H and O–H groups in total.